The molecule has 2 rings (SSSR count). The van der Waals surface area contributed by atoms with Crippen molar-refractivity contribution in [1.29, 1.82) is 0 Å². The monoisotopic (exact) mass is 229 g/mol. The lowest BCUT2D eigenvalue weighted by Crippen LogP contribution is -2.42. The van der Waals surface area contributed by atoms with Crippen LogP contribution in [0.15, 0.2) is 0 Å². The molecule has 0 aromatic carbocycles. The molecule has 0 radical (unpaired) electrons. The maximum Gasteiger partial charge on any atom is 0.0933 e. The van der Waals surface area contributed by atoms with Gasteiger partial charge in [-0.2, -0.15) is 0 Å². The van der Waals surface area contributed by atoms with Gasteiger partial charge in [0.25, 0.3) is 0 Å². The van der Waals surface area contributed by atoms with E-state index < -0.39 is 0 Å². The van der Waals surface area contributed by atoms with Crippen molar-refractivity contribution in [3.05, 3.63) is 0 Å². The van der Waals surface area contributed by atoms with Crippen molar-refractivity contribution in [3.63, 3.8) is 0 Å². The number of morpholine rings is 1. The minimum absolute atomic E-state index is 0.0213. The predicted molar refractivity (Wildman–Crippen MR) is 61.4 cm³/mol. The molecule has 4 nitrogen and oxygen atoms in total. The number of hydrogen-bond acceptors (Lipinski definition) is 4. The van der Waals surface area contributed by atoms with Crippen LogP contribution in [-0.4, -0.2) is 49.7 Å². The van der Waals surface area contributed by atoms with Crippen molar-refractivity contribution in [1.82, 2.24) is 5.32 Å². The van der Waals surface area contributed by atoms with E-state index in [0.29, 0.717) is 6.61 Å². The van der Waals surface area contributed by atoms with Gasteiger partial charge in [0.05, 0.1) is 31.5 Å². The van der Waals surface area contributed by atoms with E-state index in [0.717, 1.165) is 39.0 Å². The van der Waals surface area contributed by atoms with Crippen LogP contribution in [0.25, 0.3) is 0 Å². The Balaban J connectivity index is 1.70. The first-order valence-corrected chi connectivity index (χ1v) is 6.48. The summed E-state index contributed by atoms with van der Waals surface area (Å²) in [7, 11) is 0. The van der Waals surface area contributed by atoms with Crippen molar-refractivity contribution in [2.24, 2.45) is 0 Å². The van der Waals surface area contributed by atoms with Gasteiger partial charge >= 0.3 is 0 Å². The fourth-order valence-electron chi connectivity index (χ4n) is 2.41. The molecule has 2 fully saturated rings. The lowest BCUT2D eigenvalue weighted by molar-refractivity contribution is -0.0903. The van der Waals surface area contributed by atoms with Crippen molar-refractivity contribution >= 4 is 0 Å². The van der Waals surface area contributed by atoms with Gasteiger partial charge in [0.1, 0.15) is 0 Å². The number of aliphatic hydroxyl groups excluding tert-OH is 1. The lowest BCUT2D eigenvalue weighted by atomic mass is 10.1. The molecule has 16 heavy (non-hydrogen) atoms. The third kappa shape index (κ3) is 3.70. The van der Waals surface area contributed by atoms with Crippen LogP contribution in [-0.2, 0) is 9.47 Å². The van der Waals surface area contributed by atoms with E-state index in [1.165, 1.54) is 12.8 Å². The molecule has 1 aliphatic carbocycles. The Hall–Kier alpha value is -0.160. The Morgan fingerprint density at radius 1 is 1.25 bits per heavy atom. The SMILES string of the molecule is OC1CCCCCC1OCC1CNCCO1. The molecule has 1 aliphatic heterocycles. The van der Waals surface area contributed by atoms with Crippen LogP contribution < -0.4 is 5.32 Å². The fraction of sp³-hybridized carbons (Fsp3) is 1.00. The van der Waals surface area contributed by atoms with Crippen LogP contribution in [0.2, 0.25) is 0 Å². The number of rotatable bonds is 3. The first-order chi connectivity index (χ1) is 7.86. The third-order valence-corrected chi connectivity index (χ3v) is 3.42. The van der Waals surface area contributed by atoms with E-state index in [4.69, 9.17) is 9.47 Å². The highest BCUT2D eigenvalue weighted by Crippen LogP contribution is 2.20. The summed E-state index contributed by atoms with van der Waals surface area (Å²) in [6.45, 7) is 3.17. The van der Waals surface area contributed by atoms with Gasteiger partial charge in [0, 0.05) is 13.1 Å². The summed E-state index contributed by atoms with van der Waals surface area (Å²) >= 11 is 0. The second-order valence-corrected chi connectivity index (χ2v) is 4.77. The van der Waals surface area contributed by atoms with Gasteiger partial charge in [-0.25, -0.2) is 0 Å². The predicted octanol–water partition coefficient (Wildman–Crippen LogP) is 0.685. The summed E-state index contributed by atoms with van der Waals surface area (Å²) < 4.78 is 11.4. The molecule has 0 amide bonds. The van der Waals surface area contributed by atoms with E-state index in [9.17, 15) is 5.11 Å². The molecule has 1 saturated heterocycles. The maximum atomic E-state index is 9.90. The Kier molecular flexibility index (Phi) is 5.03. The summed E-state index contributed by atoms with van der Waals surface area (Å²) in [5.41, 5.74) is 0. The molecule has 3 atom stereocenters. The smallest absolute Gasteiger partial charge is 0.0933 e. The molecule has 4 heteroatoms. The van der Waals surface area contributed by atoms with Crippen LogP contribution in [0.4, 0.5) is 0 Å². The average molecular weight is 229 g/mol. The van der Waals surface area contributed by atoms with E-state index in [2.05, 4.69) is 5.32 Å². The fourth-order valence-corrected chi connectivity index (χ4v) is 2.41. The highest BCUT2D eigenvalue weighted by molar-refractivity contribution is 4.75. The first kappa shape index (κ1) is 12.3. The number of ether oxygens (including phenoxy) is 2. The highest BCUT2D eigenvalue weighted by Gasteiger charge is 2.24. The zero-order valence-corrected chi connectivity index (χ0v) is 9.86. The summed E-state index contributed by atoms with van der Waals surface area (Å²) in [4.78, 5) is 0. The second kappa shape index (κ2) is 6.55. The summed E-state index contributed by atoms with van der Waals surface area (Å²) in [5, 5.41) is 13.2. The van der Waals surface area contributed by atoms with Crippen molar-refractivity contribution in [2.75, 3.05) is 26.3 Å². The third-order valence-electron chi connectivity index (χ3n) is 3.42. The second-order valence-electron chi connectivity index (χ2n) is 4.77. The van der Waals surface area contributed by atoms with E-state index in [1.54, 1.807) is 0 Å². The maximum absolute atomic E-state index is 9.90. The minimum atomic E-state index is -0.279. The zero-order valence-electron chi connectivity index (χ0n) is 9.86. The molecule has 3 unspecified atom stereocenters. The normalized spacial score (nSPS) is 36.9. The molecule has 0 spiro atoms. The summed E-state index contributed by atoms with van der Waals surface area (Å²) in [6, 6.07) is 0. The van der Waals surface area contributed by atoms with Crippen LogP contribution >= 0.6 is 0 Å². The average Bonchev–Trinajstić information content (AvgIpc) is 2.53. The topological polar surface area (TPSA) is 50.7 Å². The van der Waals surface area contributed by atoms with E-state index in [-0.39, 0.29) is 18.3 Å². The molecule has 1 heterocycles. The van der Waals surface area contributed by atoms with Gasteiger partial charge in [0.15, 0.2) is 0 Å². The molecule has 2 aliphatic rings. The minimum Gasteiger partial charge on any atom is -0.390 e. The highest BCUT2D eigenvalue weighted by atomic mass is 16.5. The van der Waals surface area contributed by atoms with Gasteiger partial charge in [-0.3, -0.25) is 0 Å². The molecular formula is C12H23NO3. The van der Waals surface area contributed by atoms with Gasteiger partial charge in [-0.05, 0) is 12.8 Å². The van der Waals surface area contributed by atoms with Gasteiger partial charge in [-0.15, -0.1) is 0 Å². The first-order valence-electron chi connectivity index (χ1n) is 6.48. The quantitative estimate of drug-likeness (QED) is 0.699. The van der Waals surface area contributed by atoms with Gasteiger partial charge < -0.3 is 19.9 Å². The number of nitrogens with one attached hydrogen (secondary N) is 1. The standard InChI is InChI=1S/C12H23NO3/c14-11-4-2-1-3-5-12(11)16-9-10-8-13-6-7-15-10/h10-14H,1-9H2. The van der Waals surface area contributed by atoms with Crippen molar-refractivity contribution in [3.8, 4) is 0 Å². The van der Waals surface area contributed by atoms with Gasteiger partial charge in [0.2, 0.25) is 0 Å². The van der Waals surface area contributed by atoms with Crippen LogP contribution in [0.1, 0.15) is 32.1 Å². The van der Waals surface area contributed by atoms with Crippen LogP contribution in [0.3, 0.4) is 0 Å². The van der Waals surface area contributed by atoms with Crippen LogP contribution in [0.5, 0.6) is 0 Å². The van der Waals surface area contributed by atoms with Crippen LogP contribution in [0, 0.1) is 0 Å². The number of aliphatic hydroxyl groups is 1. The van der Waals surface area contributed by atoms with E-state index >= 15 is 0 Å². The van der Waals surface area contributed by atoms with Crippen molar-refractivity contribution < 1.29 is 14.6 Å². The molecule has 94 valence electrons. The molecule has 0 aromatic heterocycles. The Bertz CT molecular complexity index is 195. The molecular weight excluding hydrogens is 206 g/mol. The Labute approximate surface area is 97.3 Å². The van der Waals surface area contributed by atoms with E-state index in [1.807, 2.05) is 0 Å². The largest absolute Gasteiger partial charge is 0.390 e. The zero-order chi connectivity index (χ0) is 11.2. The summed E-state index contributed by atoms with van der Waals surface area (Å²) in [5.74, 6) is 0. The molecule has 0 aromatic rings. The Morgan fingerprint density at radius 2 is 2.12 bits per heavy atom. The van der Waals surface area contributed by atoms with Gasteiger partial charge in [-0.1, -0.05) is 19.3 Å². The molecule has 1 saturated carbocycles. The lowest BCUT2D eigenvalue weighted by Gasteiger charge is -2.27. The number of hydrogen-bond donors (Lipinski definition) is 2. The van der Waals surface area contributed by atoms with Crippen molar-refractivity contribution in [2.45, 2.75) is 50.4 Å². The summed E-state index contributed by atoms with van der Waals surface area (Å²) in [6.07, 6.45) is 5.29. The molecule has 0 bridgehead atoms. The Morgan fingerprint density at radius 3 is 2.94 bits per heavy atom. The molecule has 2 N–H and O–H groups in total.